The van der Waals surface area contributed by atoms with E-state index in [1.165, 1.54) is 18.4 Å². The molecular formula is C36H48N6O4. The molecule has 3 aliphatic rings. The molecule has 3 saturated carbocycles. The fraction of sp³-hybridized carbons (Fsp3) is 0.556. The average molecular weight is 629 g/mol. The molecule has 3 aromatic rings. The summed E-state index contributed by atoms with van der Waals surface area (Å²) in [5.41, 5.74) is 4.40. The lowest BCUT2D eigenvalue weighted by atomic mass is 9.78. The lowest BCUT2D eigenvalue weighted by Crippen LogP contribution is -2.42. The zero-order valence-electron chi connectivity index (χ0n) is 27.2. The van der Waals surface area contributed by atoms with Gasteiger partial charge in [-0.1, -0.05) is 18.2 Å². The Kier molecular flexibility index (Phi) is 10.2. The maximum Gasteiger partial charge on any atom is 0.407 e. The van der Waals surface area contributed by atoms with E-state index in [1.54, 1.807) is 0 Å². The molecule has 46 heavy (non-hydrogen) atoms. The zero-order chi connectivity index (χ0) is 32.0. The van der Waals surface area contributed by atoms with Crippen LogP contribution >= 0.6 is 0 Å². The third-order valence-electron chi connectivity index (χ3n) is 9.95. The molecular weight excluding hydrogens is 580 g/mol. The van der Waals surface area contributed by atoms with Crippen molar-refractivity contribution in [2.24, 2.45) is 11.8 Å². The Bertz CT molecular complexity index is 1450. The predicted octanol–water partition coefficient (Wildman–Crippen LogP) is 5.93. The van der Waals surface area contributed by atoms with Gasteiger partial charge in [-0.3, -0.25) is 9.48 Å². The van der Waals surface area contributed by atoms with Crippen molar-refractivity contribution in [1.29, 1.82) is 0 Å². The van der Waals surface area contributed by atoms with Gasteiger partial charge < -0.3 is 25.0 Å². The van der Waals surface area contributed by atoms with Crippen molar-refractivity contribution in [2.75, 3.05) is 43.6 Å². The van der Waals surface area contributed by atoms with E-state index in [0.29, 0.717) is 50.1 Å². The number of amides is 2. The molecule has 2 amide bonds. The lowest BCUT2D eigenvalue weighted by Gasteiger charge is -2.36. The molecule has 10 heteroatoms. The van der Waals surface area contributed by atoms with Crippen molar-refractivity contribution >= 4 is 23.5 Å². The van der Waals surface area contributed by atoms with E-state index in [9.17, 15) is 9.59 Å². The molecule has 0 atom stereocenters. The highest BCUT2D eigenvalue weighted by atomic mass is 16.6. The Hall–Kier alpha value is -3.92. The number of pyridine rings is 1. The second-order valence-electron chi connectivity index (χ2n) is 13.5. The van der Waals surface area contributed by atoms with Crippen LogP contribution in [-0.2, 0) is 9.53 Å². The van der Waals surface area contributed by atoms with Crippen molar-refractivity contribution in [3.63, 3.8) is 0 Å². The summed E-state index contributed by atoms with van der Waals surface area (Å²) in [6, 6.07) is 13.2. The standard InChI is InChI=1S/C36H48N6O4/c1-40(2)34-17-12-29(21-38-34)26-8-6-25(7-9-26)23-41(35(44)27-10-15-33(16-11-27)46-36(45)37-18-19-43)32-5-3-4-28(20-32)30-22-39-42(24-30)31-13-14-31/h3-5,12,17,20-22,24-27,31,33,43H,6-11,13-16,18-19,23H2,1-2H3,(H,37,45)/t25-,26-,27-,33-. The van der Waals surface area contributed by atoms with E-state index < -0.39 is 6.09 Å². The fourth-order valence-electron chi connectivity index (χ4n) is 7.04. The summed E-state index contributed by atoms with van der Waals surface area (Å²) in [5, 5.41) is 16.1. The van der Waals surface area contributed by atoms with Crippen LogP contribution in [-0.4, -0.2) is 71.8 Å². The second kappa shape index (κ2) is 14.7. The monoisotopic (exact) mass is 628 g/mol. The molecule has 0 saturated heterocycles. The van der Waals surface area contributed by atoms with Crippen molar-refractivity contribution in [3.8, 4) is 11.1 Å². The Morgan fingerprint density at radius 1 is 0.957 bits per heavy atom. The number of aliphatic hydroxyl groups excluding tert-OH is 1. The number of hydrogen-bond acceptors (Lipinski definition) is 7. The number of ether oxygens (including phenoxy) is 1. The number of aromatic nitrogens is 3. The molecule has 3 aliphatic carbocycles. The number of nitrogens with one attached hydrogen (secondary N) is 1. The molecule has 246 valence electrons. The molecule has 0 spiro atoms. The first-order valence-electron chi connectivity index (χ1n) is 17.0. The summed E-state index contributed by atoms with van der Waals surface area (Å²) in [6.07, 6.45) is 14.8. The third-order valence-corrected chi connectivity index (χ3v) is 9.95. The van der Waals surface area contributed by atoms with Gasteiger partial charge in [-0.25, -0.2) is 9.78 Å². The van der Waals surface area contributed by atoms with Gasteiger partial charge in [0.1, 0.15) is 11.9 Å². The number of rotatable bonds is 11. The summed E-state index contributed by atoms with van der Waals surface area (Å²) in [5.74, 6) is 1.95. The smallest absolute Gasteiger partial charge is 0.407 e. The Balaban J connectivity index is 1.14. The number of carbonyl (C=O) groups excluding carboxylic acids is 2. The minimum Gasteiger partial charge on any atom is -0.446 e. The van der Waals surface area contributed by atoms with Gasteiger partial charge >= 0.3 is 6.09 Å². The van der Waals surface area contributed by atoms with Gasteiger partial charge in [0.15, 0.2) is 0 Å². The molecule has 2 aromatic heterocycles. The summed E-state index contributed by atoms with van der Waals surface area (Å²) in [4.78, 5) is 35.0. The SMILES string of the molecule is CN(C)c1ccc([C@H]2CC[C@H](CN(c3cccc(-c4cnn(C5CC5)c4)c3)C(=O)[C@H]3CC[C@H](OC(=O)NCCO)CC3)CC2)cn1. The van der Waals surface area contributed by atoms with Gasteiger partial charge in [0.05, 0.1) is 18.8 Å². The fourth-order valence-corrected chi connectivity index (χ4v) is 7.04. The van der Waals surface area contributed by atoms with E-state index in [1.807, 2.05) is 36.3 Å². The van der Waals surface area contributed by atoms with Crippen LogP contribution in [0.2, 0.25) is 0 Å². The molecule has 6 rings (SSSR count). The number of carbonyl (C=O) groups is 2. The van der Waals surface area contributed by atoms with Crippen molar-refractivity contribution < 1.29 is 19.4 Å². The normalized spacial score (nSPS) is 23.0. The number of aliphatic hydroxyl groups is 1. The quantitative estimate of drug-likeness (QED) is 0.271. The van der Waals surface area contributed by atoms with Gasteiger partial charge in [0.25, 0.3) is 0 Å². The van der Waals surface area contributed by atoms with Crippen LogP contribution in [0.25, 0.3) is 11.1 Å². The van der Waals surface area contributed by atoms with Crippen LogP contribution in [0.4, 0.5) is 16.3 Å². The number of benzene rings is 1. The largest absolute Gasteiger partial charge is 0.446 e. The summed E-state index contributed by atoms with van der Waals surface area (Å²) in [7, 11) is 4.02. The molecule has 2 heterocycles. The molecule has 0 bridgehead atoms. The maximum absolute atomic E-state index is 14.3. The highest BCUT2D eigenvalue weighted by molar-refractivity contribution is 5.95. The first-order chi connectivity index (χ1) is 22.4. The van der Waals surface area contributed by atoms with Gasteiger partial charge in [0, 0.05) is 56.7 Å². The van der Waals surface area contributed by atoms with Crippen LogP contribution < -0.4 is 15.1 Å². The van der Waals surface area contributed by atoms with E-state index in [4.69, 9.17) is 9.84 Å². The molecule has 0 unspecified atom stereocenters. The van der Waals surface area contributed by atoms with Crippen LogP contribution in [0, 0.1) is 11.8 Å². The molecule has 3 fully saturated rings. The topological polar surface area (TPSA) is 113 Å². The first kappa shape index (κ1) is 32.0. The van der Waals surface area contributed by atoms with Crippen molar-refractivity contribution in [3.05, 3.63) is 60.6 Å². The van der Waals surface area contributed by atoms with E-state index in [2.05, 4.69) is 62.7 Å². The Labute approximate surface area is 272 Å². The number of alkyl carbamates (subject to hydrolysis) is 1. The van der Waals surface area contributed by atoms with Crippen molar-refractivity contribution in [1.82, 2.24) is 20.1 Å². The summed E-state index contributed by atoms with van der Waals surface area (Å²) >= 11 is 0. The second-order valence-corrected chi connectivity index (χ2v) is 13.5. The lowest BCUT2D eigenvalue weighted by molar-refractivity contribution is -0.124. The first-order valence-corrected chi connectivity index (χ1v) is 17.0. The van der Waals surface area contributed by atoms with Crippen LogP contribution in [0.3, 0.4) is 0 Å². The Morgan fingerprint density at radius 3 is 2.41 bits per heavy atom. The minimum absolute atomic E-state index is 0.112. The van der Waals surface area contributed by atoms with E-state index >= 15 is 0 Å². The summed E-state index contributed by atoms with van der Waals surface area (Å²) < 4.78 is 7.61. The average Bonchev–Trinajstić information content (AvgIpc) is 3.82. The van der Waals surface area contributed by atoms with Gasteiger partial charge in [-0.2, -0.15) is 5.10 Å². The minimum atomic E-state index is -0.507. The number of hydrogen-bond donors (Lipinski definition) is 2. The zero-order valence-corrected chi connectivity index (χ0v) is 27.2. The molecule has 1 aromatic carbocycles. The highest BCUT2D eigenvalue weighted by Gasteiger charge is 2.34. The van der Waals surface area contributed by atoms with Crippen molar-refractivity contribution in [2.45, 2.75) is 82.3 Å². The van der Waals surface area contributed by atoms with Crippen LogP contribution in [0.15, 0.2) is 55.0 Å². The highest BCUT2D eigenvalue weighted by Crippen LogP contribution is 2.39. The maximum atomic E-state index is 14.3. The van der Waals surface area contributed by atoms with Crippen LogP contribution in [0.5, 0.6) is 0 Å². The molecule has 0 aliphatic heterocycles. The number of nitrogens with zero attached hydrogens (tertiary/aromatic N) is 5. The Morgan fingerprint density at radius 2 is 1.74 bits per heavy atom. The summed E-state index contributed by atoms with van der Waals surface area (Å²) in [6.45, 7) is 0.747. The molecule has 10 nitrogen and oxygen atoms in total. The predicted molar refractivity (Wildman–Crippen MR) is 179 cm³/mol. The van der Waals surface area contributed by atoms with Gasteiger partial charge in [0.2, 0.25) is 5.91 Å². The van der Waals surface area contributed by atoms with Crippen LogP contribution in [0.1, 0.15) is 81.7 Å². The molecule has 2 N–H and O–H groups in total. The van der Waals surface area contributed by atoms with Gasteiger partial charge in [-0.15, -0.1) is 0 Å². The molecule has 0 radical (unpaired) electrons. The van der Waals surface area contributed by atoms with E-state index in [0.717, 1.165) is 48.3 Å². The van der Waals surface area contributed by atoms with E-state index in [-0.39, 0.29) is 31.1 Å². The number of anilines is 2. The third kappa shape index (κ3) is 7.89. The van der Waals surface area contributed by atoms with Gasteiger partial charge in [-0.05, 0) is 105 Å².